The van der Waals surface area contributed by atoms with Crippen LogP contribution in [0.5, 0.6) is 5.75 Å². The van der Waals surface area contributed by atoms with Crippen LogP contribution in [-0.2, 0) is 6.54 Å². The van der Waals surface area contributed by atoms with Crippen molar-refractivity contribution in [3.63, 3.8) is 0 Å². The Morgan fingerprint density at radius 1 is 1.04 bits per heavy atom. The van der Waals surface area contributed by atoms with E-state index >= 15 is 0 Å². The zero-order valence-electron chi connectivity index (χ0n) is 12.3. The molecule has 0 aliphatic heterocycles. The quantitative estimate of drug-likeness (QED) is 0.802. The lowest BCUT2D eigenvalue weighted by Gasteiger charge is -2.03. The van der Waals surface area contributed by atoms with E-state index in [2.05, 4.69) is 16.2 Å². The number of hydrogen-bond donors (Lipinski definition) is 1. The molecule has 0 bridgehead atoms. The molecule has 0 aliphatic rings. The van der Waals surface area contributed by atoms with Crippen LogP contribution in [0, 0.1) is 11.3 Å². The second kappa shape index (κ2) is 6.58. The number of para-hydroxylation sites is 1. The highest BCUT2D eigenvalue weighted by Crippen LogP contribution is 2.27. The third-order valence-electron chi connectivity index (χ3n) is 3.28. The van der Waals surface area contributed by atoms with Gasteiger partial charge in [0.2, 0.25) is 0 Å². The van der Waals surface area contributed by atoms with Crippen LogP contribution in [0.3, 0.4) is 0 Å². The monoisotopic (exact) mass is 302 g/mol. The number of phenols is 1. The van der Waals surface area contributed by atoms with Gasteiger partial charge in [-0.1, -0.05) is 48.5 Å². The maximum absolute atomic E-state index is 9.99. The minimum absolute atomic E-state index is 0.0653. The van der Waals surface area contributed by atoms with E-state index in [0.717, 1.165) is 5.56 Å². The highest BCUT2D eigenvalue weighted by atomic mass is 16.3. The van der Waals surface area contributed by atoms with E-state index in [1.807, 2.05) is 36.4 Å². The Hall–Kier alpha value is -3.39. The van der Waals surface area contributed by atoms with E-state index in [1.165, 1.54) is 4.68 Å². The first-order valence-corrected chi connectivity index (χ1v) is 7.11. The summed E-state index contributed by atoms with van der Waals surface area (Å²) in [6.45, 7) is 0.0653. The first-order chi connectivity index (χ1) is 11.3. The van der Waals surface area contributed by atoms with Crippen molar-refractivity contribution in [1.82, 2.24) is 14.8 Å². The molecule has 0 fully saturated rings. The average molecular weight is 302 g/mol. The van der Waals surface area contributed by atoms with E-state index in [4.69, 9.17) is 5.26 Å². The van der Waals surface area contributed by atoms with E-state index < -0.39 is 0 Å². The number of nitriles is 1. The predicted octanol–water partition coefficient (Wildman–Crippen LogP) is 3.34. The lowest BCUT2D eigenvalue weighted by molar-refractivity contribution is 0.476. The first-order valence-electron chi connectivity index (χ1n) is 7.11. The van der Waals surface area contributed by atoms with Crippen molar-refractivity contribution >= 4 is 12.2 Å². The molecule has 0 unspecified atom stereocenters. The van der Waals surface area contributed by atoms with Gasteiger partial charge in [0.15, 0.2) is 11.6 Å². The summed E-state index contributed by atoms with van der Waals surface area (Å²) < 4.78 is 1.49. The Morgan fingerprint density at radius 2 is 1.78 bits per heavy atom. The van der Waals surface area contributed by atoms with E-state index in [1.54, 1.807) is 30.3 Å². The van der Waals surface area contributed by atoms with Gasteiger partial charge in [-0.05, 0) is 23.8 Å². The first kappa shape index (κ1) is 14.5. The minimum Gasteiger partial charge on any atom is -0.507 e. The average Bonchev–Trinajstić information content (AvgIpc) is 2.97. The topological polar surface area (TPSA) is 74.7 Å². The SMILES string of the molecule is N#CCn1nc(C=Cc2ccccc2)nc1-c1ccccc1O. The molecule has 0 aliphatic carbocycles. The Kier molecular flexibility index (Phi) is 4.16. The molecule has 0 saturated carbocycles. The fraction of sp³-hybridized carbons (Fsp3) is 0.0556. The maximum atomic E-state index is 9.99. The third kappa shape index (κ3) is 3.27. The molecule has 0 atom stereocenters. The highest BCUT2D eigenvalue weighted by Gasteiger charge is 2.13. The fourth-order valence-corrected chi connectivity index (χ4v) is 2.20. The van der Waals surface area contributed by atoms with Crippen LogP contribution in [0.1, 0.15) is 11.4 Å². The van der Waals surface area contributed by atoms with Crippen LogP contribution in [0.25, 0.3) is 23.5 Å². The molecular weight excluding hydrogens is 288 g/mol. The molecule has 3 aromatic rings. The lowest BCUT2D eigenvalue weighted by atomic mass is 10.2. The summed E-state index contributed by atoms with van der Waals surface area (Å²) >= 11 is 0. The number of aromatic nitrogens is 3. The minimum atomic E-state index is 0.0653. The van der Waals surface area contributed by atoms with Gasteiger partial charge in [-0.15, -0.1) is 0 Å². The van der Waals surface area contributed by atoms with Gasteiger partial charge in [-0.25, -0.2) is 9.67 Å². The molecule has 5 heteroatoms. The van der Waals surface area contributed by atoms with Gasteiger partial charge in [0, 0.05) is 0 Å². The van der Waals surface area contributed by atoms with Crippen LogP contribution >= 0.6 is 0 Å². The van der Waals surface area contributed by atoms with Crippen molar-refractivity contribution < 1.29 is 5.11 Å². The molecule has 1 heterocycles. The molecule has 1 aromatic heterocycles. The van der Waals surface area contributed by atoms with Crippen LogP contribution in [-0.4, -0.2) is 19.9 Å². The number of hydrogen-bond acceptors (Lipinski definition) is 4. The standard InChI is InChI=1S/C18H14N4O/c19-12-13-22-18(15-8-4-5-9-16(15)23)20-17(21-22)11-10-14-6-2-1-3-7-14/h1-11,23H,13H2. The van der Waals surface area contributed by atoms with Gasteiger partial charge in [0.1, 0.15) is 12.3 Å². The molecule has 2 aromatic carbocycles. The van der Waals surface area contributed by atoms with E-state index in [9.17, 15) is 5.11 Å². The number of phenolic OH excluding ortho intramolecular Hbond substituents is 1. The van der Waals surface area contributed by atoms with Crippen LogP contribution < -0.4 is 0 Å². The summed E-state index contributed by atoms with van der Waals surface area (Å²) in [5, 5.41) is 23.3. The van der Waals surface area contributed by atoms with Crippen molar-refractivity contribution in [2.75, 3.05) is 0 Å². The largest absolute Gasteiger partial charge is 0.507 e. The Balaban J connectivity index is 1.98. The summed E-state index contributed by atoms with van der Waals surface area (Å²) in [5.41, 5.74) is 1.59. The zero-order valence-corrected chi connectivity index (χ0v) is 12.3. The Morgan fingerprint density at radius 3 is 2.52 bits per heavy atom. The Labute approximate surface area is 133 Å². The van der Waals surface area contributed by atoms with Crippen LogP contribution in [0.15, 0.2) is 54.6 Å². The molecule has 5 nitrogen and oxygen atoms in total. The summed E-state index contributed by atoms with van der Waals surface area (Å²) in [5.74, 6) is 1.07. The lowest BCUT2D eigenvalue weighted by Crippen LogP contribution is -2.01. The van der Waals surface area contributed by atoms with Gasteiger partial charge in [0.25, 0.3) is 0 Å². The molecule has 0 spiro atoms. The summed E-state index contributed by atoms with van der Waals surface area (Å²) in [7, 11) is 0. The summed E-state index contributed by atoms with van der Waals surface area (Å²) in [6.07, 6.45) is 3.69. The van der Waals surface area contributed by atoms with Crippen molar-refractivity contribution in [2.24, 2.45) is 0 Å². The van der Waals surface area contributed by atoms with Gasteiger partial charge in [-0.3, -0.25) is 0 Å². The number of nitrogens with zero attached hydrogens (tertiary/aromatic N) is 4. The number of benzene rings is 2. The molecule has 112 valence electrons. The van der Waals surface area contributed by atoms with Gasteiger partial charge >= 0.3 is 0 Å². The second-order valence-corrected chi connectivity index (χ2v) is 4.87. The molecule has 0 saturated heterocycles. The third-order valence-corrected chi connectivity index (χ3v) is 3.28. The van der Waals surface area contributed by atoms with Crippen LogP contribution in [0.4, 0.5) is 0 Å². The highest BCUT2D eigenvalue weighted by molar-refractivity contribution is 5.69. The molecule has 0 radical (unpaired) electrons. The van der Waals surface area contributed by atoms with E-state index in [-0.39, 0.29) is 12.3 Å². The summed E-state index contributed by atoms with van der Waals surface area (Å²) in [4.78, 5) is 4.43. The molecule has 0 amide bonds. The van der Waals surface area contributed by atoms with Crippen molar-refractivity contribution in [2.45, 2.75) is 6.54 Å². The predicted molar refractivity (Wildman–Crippen MR) is 88.1 cm³/mol. The number of rotatable bonds is 4. The van der Waals surface area contributed by atoms with Gasteiger partial charge < -0.3 is 5.11 Å². The van der Waals surface area contributed by atoms with Crippen molar-refractivity contribution in [3.8, 4) is 23.2 Å². The number of aromatic hydroxyl groups is 1. The Bertz CT molecular complexity index is 876. The van der Waals surface area contributed by atoms with Crippen LogP contribution in [0.2, 0.25) is 0 Å². The zero-order chi connectivity index (χ0) is 16.1. The van der Waals surface area contributed by atoms with Crippen molar-refractivity contribution in [1.29, 1.82) is 5.26 Å². The van der Waals surface area contributed by atoms with E-state index in [0.29, 0.717) is 17.2 Å². The van der Waals surface area contributed by atoms with Crippen molar-refractivity contribution in [3.05, 3.63) is 66.0 Å². The normalized spacial score (nSPS) is 10.7. The summed E-state index contributed by atoms with van der Waals surface area (Å²) in [6, 6.07) is 18.7. The second-order valence-electron chi connectivity index (χ2n) is 4.87. The van der Waals surface area contributed by atoms with Gasteiger partial charge in [0.05, 0.1) is 11.6 Å². The smallest absolute Gasteiger partial charge is 0.174 e. The fourth-order valence-electron chi connectivity index (χ4n) is 2.20. The molecule has 1 N–H and O–H groups in total. The molecule has 23 heavy (non-hydrogen) atoms. The maximum Gasteiger partial charge on any atom is 0.174 e. The molecule has 3 rings (SSSR count). The van der Waals surface area contributed by atoms with Gasteiger partial charge in [-0.2, -0.15) is 10.4 Å². The molecular formula is C18H14N4O.